The molecule has 1 aromatic rings. The number of nitrogens with zero attached hydrogens (tertiary/aromatic N) is 2. The molecule has 0 amide bonds. The Morgan fingerprint density at radius 1 is 1.56 bits per heavy atom. The number of esters is 1. The molecule has 0 bridgehead atoms. The van der Waals surface area contributed by atoms with Crippen LogP contribution in [0.15, 0.2) is 5.38 Å². The standard InChI is InChI=1S/C12H20N2O3S/c1-5-17-11(15)10-8-18-12(13-10)14(9(2)3)6-7-16-4/h8-9H,5-7H2,1-4H3. The van der Waals surface area contributed by atoms with Gasteiger partial charge in [0.1, 0.15) is 0 Å². The molecule has 0 fully saturated rings. The number of rotatable bonds is 7. The number of aromatic nitrogens is 1. The molecule has 18 heavy (non-hydrogen) atoms. The maximum Gasteiger partial charge on any atom is 0.357 e. The molecule has 1 aromatic heterocycles. The molecule has 0 N–H and O–H groups in total. The second-order valence-corrected chi connectivity index (χ2v) is 4.85. The lowest BCUT2D eigenvalue weighted by molar-refractivity contribution is 0.0520. The first-order valence-corrected chi connectivity index (χ1v) is 6.86. The van der Waals surface area contributed by atoms with E-state index in [1.54, 1.807) is 19.4 Å². The van der Waals surface area contributed by atoms with Crippen LogP contribution in [0.3, 0.4) is 0 Å². The summed E-state index contributed by atoms with van der Waals surface area (Å²) >= 11 is 1.45. The van der Waals surface area contributed by atoms with Crippen molar-refractivity contribution in [2.24, 2.45) is 0 Å². The molecule has 102 valence electrons. The van der Waals surface area contributed by atoms with Gasteiger partial charge >= 0.3 is 5.97 Å². The first-order chi connectivity index (χ1) is 8.60. The van der Waals surface area contributed by atoms with Gasteiger partial charge in [0.2, 0.25) is 0 Å². The SMILES string of the molecule is CCOC(=O)c1csc(N(CCOC)C(C)C)n1. The first kappa shape index (κ1) is 14.9. The molecule has 1 heterocycles. The van der Waals surface area contributed by atoms with Crippen molar-refractivity contribution in [1.29, 1.82) is 0 Å². The number of carbonyl (C=O) groups is 1. The van der Waals surface area contributed by atoms with Gasteiger partial charge in [-0.15, -0.1) is 11.3 Å². The van der Waals surface area contributed by atoms with E-state index in [1.165, 1.54) is 11.3 Å². The predicted octanol–water partition coefficient (Wildman–Crippen LogP) is 2.18. The molecule has 6 heteroatoms. The van der Waals surface area contributed by atoms with Crippen LogP contribution in [-0.2, 0) is 9.47 Å². The third-order valence-corrected chi connectivity index (χ3v) is 3.26. The van der Waals surface area contributed by atoms with Gasteiger partial charge < -0.3 is 14.4 Å². The maximum atomic E-state index is 11.5. The van der Waals surface area contributed by atoms with E-state index in [4.69, 9.17) is 9.47 Å². The van der Waals surface area contributed by atoms with Crippen molar-refractivity contribution in [3.8, 4) is 0 Å². The van der Waals surface area contributed by atoms with Gasteiger partial charge in [-0.1, -0.05) is 0 Å². The zero-order valence-electron chi connectivity index (χ0n) is 11.3. The highest BCUT2D eigenvalue weighted by Gasteiger charge is 2.17. The molecule has 0 unspecified atom stereocenters. The van der Waals surface area contributed by atoms with E-state index in [0.29, 0.717) is 24.9 Å². The van der Waals surface area contributed by atoms with E-state index < -0.39 is 0 Å². The molecule has 1 rings (SSSR count). The van der Waals surface area contributed by atoms with Crippen LogP contribution in [0.25, 0.3) is 0 Å². The van der Waals surface area contributed by atoms with Gasteiger partial charge in [0, 0.05) is 25.1 Å². The number of anilines is 1. The van der Waals surface area contributed by atoms with Gasteiger partial charge in [0.05, 0.1) is 13.2 Å². The van der Waals surface area contributed by atoms with E-state index in [2.05, 4.69) is 23.7 Å². The Balaban J connectivity index is 2.77. The highest BCUT2D eigenvalue weighted by atomic mass is 32.1. The third kappa shape index (κ3) is 3.96. The van der Waals surface area contributed by atoms with E-state index in [9.17, 15) is 4.79 Å². The topological polar surface area (TPSA) is 51.7 Å². The highest BCUT2D eigenvalue weighted by molar-refractivity contribution is 7.13. The fourth-order valence-electron chi connectivity index (χ4n) is 1.46. The Bertz CT molecular complexity index is 379. The van der Waals surface area contributed by atoms with Crippen molar-refractivity contribution in [2.45, 2.75) is 26.8 Å². The molecule has 0 radical (unpaired) electrons. The molecule has 0 aliphatic rings. The third-order valence-electron chi connectivity index (χ3n) is 2.38. The van der Waals surface area contributed by atoms with E-state index in [1.807, 2.05) is 0 Å². The fraction of sp³-hybridized carbons (Fsp3) is 0.667. The van der Waals surface area contributed by atoms with Crippen LogP contribution in [0.4, 0.5) is 5.13 Å². The quantitative estimate of drug-likeness (QED) is 0.712. The predicted molar refractivity (Wildman–Crippen MR) is 72.4 cm³/mol. The fourth-order valence-corrected chi connectivity index (χ4v) is 2.41. The zero-order chi connectivity index (χ0) is 13.5. The summed E-state index contributed by atoms with van der Waals surface area (Å²) in [6.07, 6.45) is 0. The van der Waals surface area contributed by atoms with E-state index in [0.717, 1.165) is 11.7 Å². The minimum absolute atomic E-state index is 0.307. The average Bonchev–Trinajstić information content (AvgIpc) is 2.79. The summed E-state index contributed by atoms with van der Waals surface area (Å²) in [6.45, 7) is 7.70. The van der Waals surface area contributed by atoms with Gasteiger partial charge in [-0.05, 0) is 20.8 Å². The number of carbonyl (C=O) groups excluding carboxylic acids is 1. The molecular formula is C12H20N2O3S. The molecule has 0 aliphatic carbocycles. The maximum absolute atomic E-state index is 11.5. The summed E-state index contributed by atoms with van der Waals surface area (Å²) < 4.78 is 10.0. The molecule has 0 aliphatic heterocycles. The first-order valence-electron chi connectivity index (χ1n) is 5.98. The lowest BCUT2D eigenvalue weighted by Gasteiger charge is -2.25. The van der Waals surface area contributed by atoms with E-state index in [-0.39, 0.29) is 5.97 Å². The van der Waals surface area contributed by atoms with Crippen molar-refractivity contribution < 1.29 is 14.3 Å². The monoisotopic (exact) mass is 272 g/mol. The van der Waals surface area contributed by atoms with Gasteiger partial charge in [0.25, 0.3) is 0 Å². The Hall–Kier alpha value is -1.14. The minimum atomic E-state index is -0.365. The van der Waals surface area contributed by atoms with E-state index >= 15 is 0 Å². The lowest BCUT2D eigenvalue weighted by Crippen LogP contribution is -2.33. The second kappa shape index (κ2) is 7.33. The summed E-state index contributed by atoms with van der Waals surface area (Å²) in [4.78, 5) is 18.0. The molecule has 5 nitrogen and oxygen atoms in total. The van der Waals surface area contributed by atoms with Crippen LogP contribution in [0.2, 0.25) is 0 Å². The van der Waals surface area contributed by atoms with Crippen LogP contribution < -0.4 is 4.90 Å². The summed E-state index contributed by atoms with van der Waals surface area (Å²) in [5.41, 5.74) is 0.375. The molecule has 0 saturated carbocycles. The van der Waals surface area contributed by atoms with Crippen LogP contribution in [0.5, 0.6) is 0 Å². The van der Waals surface area contributed by atoms with Crippen molar-refractivity contribution in [1.82, 2.24) is 4.98 Å². The summed E-state index contributed by atoms with van der Waals surface area (Å²) in [6, 6.07) is 0.307. The van der Waals surface area contributed by atoms with Crippen LogP contribution in [-0.4, -0.2) is 43.9 Å². The largest absolute Gasteiger partial charge is 0.461 e. The zero-order valence-corrected chi connectivity index (χ0v) is 12.1. The smallest absolute Gasteiger partial charge is 0.357 e. The number of methoxy groups -OCH3 is 1. The van der Waals surface area contributed by atoms with Crippen molar-refractivity contribution in [3.63, 3.8) is 0 Å². The van der Waals surface area contributed by atoms with Gasteiger partial charge in [-0.3, -0.25) is 0 Å². The van der Waals surface area contributed by atoms with Crippen LogP contribution in [0.1, 0.15) is 31.3 Å². The second-order valence-electron chi connectivity index (χ2n) is 4.02. The number of hydrogen-bond acceptors (Lipinski definition) is 6. The highest BCUT2D eigenvalue weighted by Crippen LogP contribution is 2.22. The van der Waals surface area contributed by atoms with Crippen molar-refractivity contribution in [2.75, 3.05) is 31.8 Å². The van der Waals surface area contributed by atoms with Gasteiger partial charge in [-0.25, -0.2) is 9.78 Å². The Morgan fingerprint density at radius 3 is 2.83 bits per heavy atom. The van der Waals surface area contributed by atoms with Crippen LogP contribution in [0, 0.1) is 0 Å². The van der Waals surface area contributed by atoms with Gasteiger partial charge in [0.15, 0.2) is 10.8 Å². The number of hydrogen-bond donors (Lipinski definition) is 0. The summed E-state index contributed by atoms with van der Waals surface area (Å²) in [5.74, 6) is -0.365. The molecule has 0 aromatic carbocycles. The Kier molecular flexibility index (Phi) is 6.07. The average molecular weight is 272 g/mol. The summed E-state index contributed by atoms with van der Waals surface area (Å²) in [7, 11) is 1.67. The number of thiazole rings is 1. The Morgan fingerprint density at radius 2 is 2.28 bits per heavy atom. The normalized spacial score (nSPS) is 10.7. The van der Waals surface area contributed by atoms with Crippen molar-refractivity contribution in [3.05, 3.63) is 11.1 Å². The lowest BCUT2D eigenvalue weighted by atomic mass is 10.3. The van der Waals surface area contributed by atoms with Gasteiger partial charge in [-0.2, -0.15) is 0 Å². The van der Waals surface area contributed by atoms with Crippen LogP contribution >= 0.6 is 11.3 Å². The Labute approximate surface area is 112 Å². The molecule has 0 saturated heterocycles. The molecule has 0 spiro atoms. The van der Waals surface area contributed by atoms with Crippen molar-refractivity contribution >= 4 is 22.4 Å². The summed E-state index contributed by atoms with van der Waals surface area (Å²) in [5, 5.41) is 2.56. The number of ether oxygens (including phenoxy) is 2. The minimum Gasteiger partial charge on any atom is -0.461 e. The molecule has 0 atom stereocenters. The molecular weight excluding hydrogens is 252 g/mol.